The van der Waals surface area contributed by atoms with E-state index in [9.17, 15) is 9.59 Å². The van der Waals surface area contributed by atoms with E-state index in [0.29, 0.717) is 23.4 Å². The van der Waals surface area contributed by atoms with Crippen LogP contribution in [0, 0.1) is 11.8 Å². The first-order valence-corrected chi connectivity index (χ1v) is 4.86. The monoisotopic (exact) mass is 214 g/mol. The van der Waals surface area contributed by atoms with Crippen LogP contribution in [0.25, 0.3) is 0 Å². The normalized spacial score (nSPS) is 12.8. The van der Waals surface area contributed by atoms with Gasteiger partial charge in [-0.2, -0.15) is 0 Å². The van der Waals surface area contributed by atoms with Crippen LogP contribution in [-0.2, 0) is 4.79 Å². The Morgan fingerprint density at radius 3 is 2.94 bits per heavy atom. The molecule has 1 amide bonds. The summed E-state index contributed by atoms with van der Waals surface area (Å²) in [7, 11) is 1.79. The number of fused-ring (bicyclic) bond motifs is 1. The van der Waals surface area contributed by atoms with Crippen LogP contribution in [-0.4, -0.2) is 25.3 Å². The molecule has 2 rings (SSSR count). The molecule has 0 unspecified atom stereocenters. The molecule has 0 spiro atoms. The van der Waals surface area contributed by atoms with Gasteiger partial charge in [0, 0.05) is 5.56 Å². The molecule has 4 heteroatoms. The number of ketones is 1. The first-order chi connectivity index (χ1) is 7.74. The zero-order valence-electron chi connectivity index (χ0n) is 8.76. The van der Waals surface area contributed by atoms with E-state index in [2.05, 4.69) is 22.5 Å². The molecule has 0 saturated heterocycles. The first-order valence-electron chi connectivity index (χ1n) is 4.86. The lowest BCUT2D eigenvalue weighted by Crippen LogP contribution is -2.13. The molecule has 0 atom stereocenters. The van der Waals surface area contributed by atoms with Crippen molar-refractivity contribution in [3.63, 3.8) is 0 Å². The maximum Gasteiger partial charge on any atom is 0.296 e. The summed E-state index contributed by atoms with van der Waals surface area (Å²) < 4.78 is 0. The molecule has 16 heavy (non-hydrogen) atoms. The standard InChI is InChI=1S/C12H10N2O2/c1-13-7-3-5-8-4-2-6-9-10(8)11(15)12(16)14-9/h2,4,6,13H,7H2,1H3,(H,14,15,16). The Hall–Kier alpha value is -2.12. The topological polar surface area (TPSA) is 58.2 Å². The Morgan fingerprint density at radius 1 is 1.38 bits per heavy atom. The molecule has 1 heterocycles. The van der Waals surface area contributed by atoms with Crippen molar-refractivity contribution < 1.29 is 9.59 Å². The summed E-state index contributed by atoms with van der Waals surface area (Å²) in [6.07, 6.45) is 0. The molecule has 0 fully saturated rings. The minimum Gasteiger partial charge on any atom is -0.318 e. The lowest BCUT2D eigenvalue weighted by Gasteiger charge is -1.98. The van der Waals surface area contributed by atoms with Gasteiger partial charge >= 0.3 is 0 Å². The van der Waals surface area contributed by atoms with Crippen LogP contribution in [0.2, 0.25) is 0 Å². The molecular formula is C12H10N2O2. The molecule has 0 aliphatic carbocycles. The number of rotatable bonds is 1. The van der Waals surface area contributed by atoms with E-state index in [1.807, 2.05) is 0 Å². The summed E-state index contributed by atoms with van der Waals surface area (Å²) in [6, 6.07) is 5.20. The molecule has 0 radical (unpaired) electrons. The highest BCUT2D eigenvalue weighted by Gasteiger charge is 2.29. The predicted molar refractivity (Wildman–Crippen MR) is 60.2 cm³/mol. The fourth-order valence-electron chi connectivity index (χ4n) is 1.53. The van der Waals surface area contributed by atoms with E-state index in [4.69, 9.17) is 0 Å². The Balaban J connectivity index is 2.44. The van der Waals surface area contributed by atoms with Gasteiger partial charge in [-0.05, 0) is 19.2 Å². The molecule has 2 N–H and O–H groups in total. The van der Waals surface area contributed by atoms with Crippen LogP contribution in [0.1, 0.15) is 15.9 Å². The Bertz CT molecular complexity index is 524. The summed E-state index contributed by atoms with van der Waals surface area (Å²) in [5, 5.41) is 5.39. The molecule has 1 aliphatic rings. The summed E-state index contributed by atoms with van der Waals surface area (Å²) in [6.45, 7) is 0.541. The maximum absolute atomic E-state index is 11.6. The van der Waals surface area contributed by atoms with Crippen LogP contribution < -0.4 is 10.6 Å². The molecule has 1 aromatic rings. The van der Waals surface area contributed by atoms with Crippen LogP contribution >= 0.6 is 0 Å². The SMILES string of the molecule is CNCC#Cc1cccc2c1C(=O)C(=O)N2. The lowest BCUT2D eigenvalue weighted by molar-refractivity contribution is -0.112. The third-order valence-corrected chi connectivity index (χ3v) is 2.23. The van der Waals surface area contributed by atoms with Gasteiger partial charge in [0.25, 0.3) is 11.7 Å². The highest BCUT2D eigenvalue weighted by atomic mass is 16.2. The average Bonchev–Trinajstić information content (AvgIpc) is 2.56. The Kier molecular flexibility index (Phi) is 2.71. The van der Waals surface area contributed by atoms with E-state index in [0.717, 1.165) is 0 Å². The maximum atomic E-state index is 11.6. The summed E-state index contributed by atoms with van der Waals surface area (Å²) in [5.74, 6) is 4.64. The van der Waals surface area contributed by atoms with Gasteiger partial charge < -0.3 is 10.6 Å². The number of anilines is 1. The van der Waals surface area contributed by atoms with E-state index < -0.39 is 11.7 Å². The van der Waals surface area contributed by atoms with Crippen molar-refractivity contribution in [3.05, 3.63) is 29.3 Å². The first kappa shape index (κ1) is 10.4. The van der Waals surface area contributed by atoms with E-state index in [1.165, 1.54) is 0 Å². The van der Waals surface area contributed by atoms with Gasteiger partial charge in [-0.25, -0.2) is 0 Å². The fraction of sp³-hybridized carbons (Fsp3) is 0.167. The van der Waals surface area contributed by atoms with Crippen LogP contribution in [0.4, 0.5) is 5.69 Å². The molecule has 1 aromatic carbocycles. The number of benzene rings is 1. The van der Waals surface area contributed by atoms with Crippen LogP contribution in [0.5, 0.6) is 0 Å². The highest BCUT2D eigenvalue weighted by Crippen LogP contribution is 2.25. The minimum absolute atomic E-state index is 0.385. The van der Waals surface area contributed by atoms with Crippen molar-refractivity contribution in [2.75, 3.05) is 18.9 Å². The number of nitrogens with one attached hydrogen (secondary N) is 2. The summed E-state index contributed by atoms with van der Waals surface area (Å²) >= 11 is 0. The molecule has 0 bridgehead atoms. The molecule has 0 saturated carbocycles. The third kappa shape index (κ3) is 1.69. The Labute approximate surface area is 93.0 Å². The second kappa shape index (κ2) is 4.17. The van der Waals surface area contributed by atoms with E-state index >= 15 is 0 Å². The van der Waals surface area contributed by atoms with Crippen molar-refractivity contribution in [2.24, 2.45) is 0 Å². The summed E-state index contributed by atoms with van der Waals surface area (Å²) in [5.41, 5.74) is 1.53. The summed E-state index contributed by atoms with van der Waals surface area (Å²) in [4.78, 5) is 22.7. The van der Waals surface area contributed by atoms with Gasteiger partial charge in [0.1, 0.15) is 0 Å². The molecule has 1 aliphatic heterocycles. The average molecular weight is 214 g/mol. The van der Waals surface area contributed by atoms with Gasteiger partial charge in [-0.3, -0.25) is 9.59 Å². The zero-order chi connectivity index (χ0) is 11.5. The molecular weight excluding hydrogens is 204 g/mol. The zero-order valence-corrected chi connectivity index (χ0v) is 8.76. The second-order valence-electron chi connectivity index (χ2n) is 3.34. The highest BCUT2D eigenvalue weighted by molar-refractivity contribution is 6.52. The molecule has 80 valence electrons. The lowest BCUT2D eigenvalue weighted by atomic mass is 10.0. The number of amides is 1. The van der Waals surface area contributed by atoms with Crippen molar-refractivity contribution in [3.8, 4) is 11.8 Å². The minimum atomic E-state index is -0.585. The smallest absolute Gasteiger partial charge is 0.296 e. The van der Waals surface area contributed by atoms with E-state index in [-0.39, 0.29) is 0 Å². The molecule has 4 nitrogen and oxygen atoms in total. The van der Waals surface area contributed by atoms with Crippen molar-refractivity contribution in [2.45, 2.75) is 0 Å². The number of hydrogen-bond donors (Lipinski definition) is 2. The molecule has 0 aromatic heterocycles. The van der Waals surface area contributed by atoms with E-state index in [1.54, 1.807) is 25.2 Å². The van der Waals surface area contributed by atoms with Gasteiger partial charge in [-0.1, -0.05) is 17.9 Å². The third-order valence-electron chi connectivity index (χ3n) is 2.23. The van der Waals surface area contributed by atoms with Crippen molar-refractivity contribution in [1.29, 1.82) is 0 Å². The number of carbonyl (C=O) groups is 2. The number of carbonyl (C=O) groups excluding carboxylic acids is 2. The fourth-order valence-corrected chi connectivity index (χ4v) is 1.53. The van der Waals surface area contributed by atoms with Gasteiger partial charge in [0.15, 0.2) is 0 Å². The van der Waals surface area contributed by atoms with Crippen molar-refractivity contribution >= 4 is 17.4 Å². The van der Waals surface area contributed by atoms with Crippen LogP contribution in [0.3, 0.4) is 0 Å². The predicted octanol–water partition coefficient (Wildman–Crippen LogP) is 0.392. The van der Waals surface area contributed by atoms with Gasteiger partial charge in [0.2, 0.25) is 0 Å². The second-order valence-corrected chi connectivity index (χ2v) is 3.34. The quantitative estimate of drug-likeness (QED) is 0.525. The largest absolute Gasteiger partial charge is 0.318 e. The Morgan fingerprint density at radius 2 is 2.19 bits per heavy atom. The van der Waals surface area contributed by atoms with Gasteiger partial charge in [-0.15, -0.1) is 0 Å². The van der Waals surface area contributed by atoms with Crippen LogP contribution in [0.15, 0.2) is 18.2 Å². The number of hydrogen-bond acceptors (Lipinski definition) is 3. The number of Topliss-reactive ketones (excluding diaryl/α,β-unsaturated/α-hetero) is 1. The van der Waals surface area contributed by atoms with Gasteiger partial charge in [0.05, 0.1) is 17.8 Å². The van der Waals surface area contributed by atoms with Crippen molar-refractivity contribution in [1.82, 2.24) is 5.32 Å².